The maximum atomic E-state index is 11.8. The monoisotopic (exact) mass is 352 g/mol. The van der Waals surface area contributed by atoms with Gasteiger partial charge in [-0.05, 0) is 39.3 Å². The van der Waals surface area contributed by atoms with Crippen LogP contribution in [0.1, 0.15) is 32.3 Å². The lowest BCUT2D eigenvalue weighted by Gasteiger charge is -2.08. The number of carbonyl (C=O) groups is 2. The van der Waals surface area contributed by atoms with Gasteiger partial charge in [0.2, 0.25) is 11.8 Å². The maximum Gasteiger partial charge on any atom is 0.234 e. The van der Waals surface area contributed by atoms with Crippen molar-refractivity contribution in [3.63, 3.8) is 0 Å². The van der Waals surface area contributed by atoms with Crippen molar-refractivity contribution in [2.75, 3.05) is 30.0 Å². The molecule has 0 fully saturated rings. The summed E-state index contributed by atoms with van der Waals surface area (Å²) in [5.41, 5.74) is 1.96. The van der Waals surface area contributed by atoms with Gasteiger partial charge in [-0.3, -0.25) is 9.59 Å². The Morgan fingerprint density at radius 3 is 2.54 bits per heavy atom. The molecule has 0 saturated carbocycles. The Morgan fingerprint density at radius 2 is 1.88 bits per heavy atom. The van der Waals surface area contributed by atoms with Crippen LogP contribution in [0.4, 0.5) is 5.69 Å². The standard InChI is InChI=1S/C18H28N2O3S/c1-14(2)23-11-4-10-19-17(21)9-12-24-13-18(22)20-16-7-5-15(3)6-8-16/h5-8,14H,4,9-13H2,1-3H3,(H,19,21)(H,20,22). The van der Waals surface area contributed by atoms with Crippen LogP contribution in [0.25, 0.3) is 0 Å². The second-order valence-electron chi connectivity index (χ2n) is 5.84. The van der Waals surface area contributed by atoms with Gasteiger partial charge in [0.15, 0.2) is 0 Å². The molecule has 134 valence electrons. The Morgan fingerprint density at radius 1 is 1.17 bits per heavy atom. The number of anilines is 1. The van der Waals surface area contributed by atoms with Gasteiger partial charge in [-0.15, -0.1) is 0 Å². The van der Waals surface area contributed by atoms with Crippen LogP contribution in [0.5, 0.6) is 0 Å². The molecular formula is C18H28N2O3S. The number of amides is 2. The third-order valence-electron chi connectivity index (χ3n) is 3.14. The summed E-state index contributed by atoms with van der Waals surface area (Å²) in [4.78, 5) is 23.4. The molecule has 5 nitrogen and oxygen atoms in total. The number of hydrogen-bond acceptors (Lipinski definition) is 4. The maximum absolute atomic E-state index is 11.8. The number of aryl methyl sites for hydroxylation is 1. The molecule has 6 heteroatoms. The molecule has 0 spiro atoms. The highest BCUT2D eigenvalue weighted by Crippen LogP contribution is 2.10. The van der Waals surface area contributed by atoms with E-state index in [1.807, 2.05) is 45.0 Å². The van der Waals surface area contributed by atoms with Gasteiger partial charge in [0.1, 0.15) is 0 Å². The molecule has 2 N–H and O–H groups in total. The van der Waals surface area contributed by atoms with Gasteiger partial charge in [-0.25, -0.2) is 0 Å². The second-order valence-corrected chi connectivity index (χ2v) is 6.95. The Balaban J connectivity index is 2.03. The van der Waals surface area contributed by atoms with E-state index in [4.69, 9.17) is 4.74 Å². The van der Waals surface area contributed by atoms with E-state index in [9.17, 15) is 9.59 Å². The van der Waals surface area contributed by atoms with Crippen molar-refractivity contribution in [2.45, 2.75) is 39.7 Å². The molecular weight excluding hydrogens is 324 g/mol. The van der Waals surface area contributed by atoms with Crippen molar-refractivity contribution in [3.8, 4) is 0 Å². The summed E-state index contributed by atoms with van der Waals surface area (Å²) in [5, 5.41) is 5.70. The smallest absolute Gasteiger partial charge is 0.234 e. The molecule has 2 amide bonds. The molecule has 1 rings (SSSR count). The van der Waals surface area contributed by atoms with Crippen molar-refractivity contribution in [3.05, 3.63) is 29.8 Å². The van der Waals surface area contributed by atoms with E-state index < -0.39 is 0 Å². The first-order valence-corrected chi connectivity index (χ1v) is 9.45. The molecule has 0 atom stereocenters. The summed E-state index contributed by atoms with van der Waals surface area (Å²) in [6, 6.07) is 7.68. The summed E-state index contributed by atoms with van der Waals surface area (Å²) in [6.45, 7) is 7.27. The fourth-order valence-corrected chi connectivity index (χ4v) is 2.60. The number of rotatable bonds is 11. The first kappa shape index (κ1) is 20.5. The highest BCUT2D eigenvalue weighted by atomic mass is 32.2. The molecule has 0 aliphatic rings. The fourth-order valence-electron chi connectivity index (χ4n) is 1.87. The number of thioether (sulfide) groups is 1. The summed E-state index contributed by atoms with van der Waals surface area (Å²) in [7, 11) is 0. The van der Waals surface area contributed by atoms with Crippen LogP contribution in [0.15, 0.2) is 24.3 Å². The summed E-state index contributed by atoms with van der Waals surface area (Å²) in [6.07, 6.45) is 1.46. The predicted octanol–water partition coefficient (Wildman–Crippen LogP) is 2.99. The van der Waals surface area contributed by atoms with Gasteiger partial charge in [0, 0.05) is 31.0 Å². The summed E-state index contributed by atoms with van der Waals surface area (Å²) >= 11 is 1.46. The SMILES string of the molecule is Cc1ccc(NC(=O)CSCCC(=O)NCCCOC(C)C)cc1. The highest BCUT2D eigenvalue weighted by Gasteiger charge is 2.05. The third kappa shape index (κ3) is 10.3. The van der Waals surface area contributed by atoms with Crippen LogP contribution in [0, 0.1) is 6.92 Å². The van der Waals surface area contributed by atoms with E-state index >= 15 is 0 Å². The molecule has 0 aliphatic heterocycles. The zero-order valence-electron chi connectivity index (χ0n) is 14.8. The Labute approximate surface area is 148 Å². The molecule has 24 heavy (non-hydrogen) atoms. The Kier molecular flexibility index (Phi) is 10.2. The van der Waals surface area contributed by atoms with Crippen molar-refractivity contribution >= 4 is 29.3 Å². The molecule has 0 heterocycles. The van der Waals surface area contributed by atoms with Gasteiger partial charge in [-0.1, -0.05) is 17.7 Å². The number of nitrogens with one attached hydrogen (secondary N) is 2. The number of benzene rings is 1. The lowest BCUT2D eigenvalue weighted by molar-refractivity contribution is -0.120. The van der Waals surface area contributed by atoms with Gasteiger partial charge in [-0.2, -0.15) is 11.8 Å². The van der Waals surface area contributed by atoms with Gasteiger partial charge in [0.05, 0.1) is 11.9 Å². The van der Waals surface area contributed by atoms with Crippen molar-refractivity contribution in [1.82, 2.24) is 5.32 Å². The quantitative estimate of drug-likeness (QED) is 0.601. The highest BCUT2D eigenvalue weighted by molar-refractivity contribution is 7.99. The molecule has 0 aliphatic carbocycles. The van der Waals surface area contributed by atoms with E-state index in [1.165, 1.54) is 11.8 Å². The van der Waals surface area contributed by atoms with Crippen LogP contribution in [-0.4, -0.2) is 42.6 Å². The largest absolute Gasteiger partial charge is 0.379 e. The topological polar surface area (TPSA) is 67.4 Å². The number of ether oxygens (including phenoxy) is 1. The van der Waals surface area contributed by atoms with Crippen LogP contribution in [0.2, 0.25) is 0 Å². The molecule has 1 aromatic carbocycles. The lowest BCUT2D eigenvalue weighted by atomic mass is 10.2. The van der Waals surface area contributed by atoms with Gasteiger partial charge < -0.3 is 15.4 Å². The van der Waals surface area contributed by atoms with Crippen LogP contribution < -0.4 is 10.6 Å². The average molecular weight is 353 g/mol. The van der Waals surface area contributed by atoms with Crippen molar-refractivity contribution in [1.29, 1.82) is 0 Å². The average Bonchev–Trinajstić information content (AvgIpc) is 2.53. The molecule has 1 aromatic rings. The van der Waals surface area contributed by atoms with E-state index in [-0.39, 0.29) is 17.9 Å². The minimum Gasteiger partial charge on any atom is -0.379 e. The molecule has 0 saturated heterocycles. The zero-order valence-corrected chi connectivity index (χ0v) is 15.6. The third-order valence-corrected chi connectivity index (χ3v) is 4.10. The van der Waals surface area contributed by atoms with E-state index in [2.05, 4.69) is 10.6 Å². The fraction of sp³-hybridized carbons (Fsp3) is 0.556. The number of carbonyl (C=O) groups excluding carboxylic acids is 2. The molecule has 0 unspecified atom stereocenters. The first-order chi connectivity index (χ1) is 11.5. The Hall–Kier alpha value is -1.53. The molecule has 0 bridgehead atoms. The van der Waals surface area contributed by atoms with E-state index in [0.29, 0.717) is 31.1 Å². The van der Waals surface area contributed by atoms with E-state index in [0.717, 1.165) is 17.7 Å². The Bertz CT molecular complexity index is 503. The minimum atomic E-state index is -0.0462. The molecule has 0 aromatic heterocycles. The first-order valence-electron chi connectivity index (χ1n) is 8.30. The lowest BCUT2D eigenvalue weighted by Crippen LogP contribution is -2.26. The van der Waals surface area contributed by atoms with Crippen molar-refractivity contribution < 1.29 is 14.3 Å². The number of hydrogen-bond donors (Lipinski definition) is 2. The second kappa shape index (κ2) is 11.9. The summed E-state index contributed by atoms with van der Waals surface area (Å²) in [5.74, 6) is 0.958. The van der Waals surface area contributed by atoms with Gasteiger partial charge >= 0.3 is 0 Å². The zero-order chi connectivity index (χ0) is 17.8. The van der Waals surface area contributed by atoms with Crippen LogP contribution in [-0.2, 0) is 14.3 Å². The van der Waals surface area contributed by atoms with Crippen LogP contribution in [0.3, 0.4) is 0 Å². The van der Waals surface area contributed by atoms with Crippen LogP contribution >= 0.6 is 11.8 Å². The summed E-state index contributed by atoms with van der Waals surface area (Å²) < 4.78 is 5.40. The minimum absolute atomic E-state index is 0.0194. The van der Waals surface area contributed by atoms with E-state index in [1.54, 1.807) is 0 Å². The normalized spacial score (nSPS) is 10.7. The van der Waals surface area contributed by atoms with Gasteiger partial charge in [0.25, 0.3) is 0 Å². The molecule has 0 radical (unpaired) electrons. The van der Waals surface area contributed by atoms with Crippen molar-refractivity contribution in [2.24, 2.45) is 0 Å². The predicted molar refractivity (Wildman–Crippen MR) is 100 cm³/mol.